The summed E-state index contributed by atoms with van der Waals surface area (Å²) in [6.07, 6.45) is 2.67. The molecule has 0 atom stereocenters. The number of nitrogens with one attached hydrogen (secondary N) is 2. The number of nitrogens with zero attached hydrogens (tertiary/aromatic N) is 2. The Bertz CT molecular complexity index is 912. The van der Waals surface area contributed by atoms with Gasteiger partial charge in [0, 0.05) is 25.0 Å². The van der Waals surface area contributed by atoms with Crippen molar-refractivity contribution in [3.05, 3.63) is 83.2 Å². The van der Waals surface area contributed by atoms with Crippen molar-refractivity contribution < 1.29 is 13.6 Å². The van der Waals surface area contributed by atoms with Gasteiger partial charge in [-0.05, 0) is 24.6 Å². The third-order valence-electron chi connectivity index (χ3n) is 3.66. The van der Waals surface area contributed by atoms with E-state index in [-0.39, 0.29) is 11.3 Å². The summed E-state index contributed by atoms with van der Waals surface area (Å²) in [6, 6.07) is 10.9. The van der Waals surface area contributed by atoms with E-state index in [4.69, 9.17) is 0 Å². The minimum atomic E-state index is -0.851. The van der Waals surface area contributed by atoms with Crippen LogP contribution in [0.5, 0.6) is 0 Å². The van der Waals surface area contributed by atoms with Crippen LogP contribution in [0.3, 0.4) is 0 Å². The van der Waals surface area contributed by atoms with Gasteiger partial charge in [0.15, 0.2) is 0 Å². The monoisotopic (exact) mass is 354 g/mol. The van der Waals surface area contributed by atoms with Gasteiger partial charge >= 0.3 is 0 Å². The summed E-state index contributed by atoms with van der Waals surface area (Å²) >= 11 is 0. The quantitative estimate of drug-likeness (QED) is 0.729. The molecule has 0 saturated heterocycles. The highest BCUT2D eigenvalue weighted by molar-refractivity contribution is 6.03. The number of amides is 1. The molecule has 26 heavy (non-hydrogen) atoms. The zero-order valence-corrected chi connectivity index (χ0v) is 14.0. The van der Waals surface area contributed by atoms with Crippen LogP contribution in [0.15, 0.2) is 54.9 Å². The van der Waals surface area contributed by atoms with E-state index in [1.807, 2.05) is 31.2 Å². The first-order chi connectivity index (χ1) is 12.5. The second-order valence-electron chi connectivity index (χ2n) is 5.71. The van der Waals surface area contributed by atoms with Gasteiger partial charge in [0.1, 0.15) is 11.6 Å². The molecule has 1 aromatic heterocycles. The predicted molar refractivity (Wildman–Crippen MR) is 94.8 cm³/mol. The number of hydrogen-bond acceptors (Lipinski definition) is 4. The maximum absolute atomic E-state index is 13.6. The first kappa shape index (κ1) is 17.5. The summed E-state index contributed by atoms with van der Waals surface area (Å²) in [6.45, 7) is 2.56. The van der Waals surface area contributed by atoms with Gasteiger partial charge in [-0.25, -0.2) is 18.7 Å². The predicted octanol–water partition coefficient (Wildman–Crippen LogP) is 3.93. The Morgan fingerprint density at radius 2 is 1.73 bits per heavy atom. The molecule has 5 nitrogen and oxygen atoms in total. The van der Waals surface area contributed by atoms with Crippen LogP contribution < -0.4 is 10.6 Å². The molecule has 0 aliphatic carbocycles. The molecule has 0 fully saturated rings. The summed E-state index contributed by atoms with van der Waals surface area (Å²) in [4.78, 5) is 20.2. The highest BCUT2D eigenvalue weighted by atomic mass is 19.1. The molecule has 0 radical (unpaired) electrons. The molecule has 1 heterocycles. The normalized spacial score (nSPS) is 10.4. The van der Waals surface area contributed by atoms with Crippen LogP contribution in [0.1, 0.15) is 21.5 Å². The topological polar surface area (TPSA) is 66.9 Å². The zero-order valence-electron chi connectivity index (χ0n) is 14.0. The van der Waals surface area contributed by atoms with E-state index in [2.05, 4.69) is 20.6 Å². The molecule has 2 N–H and O–H groups in total. The van der Waals surface area contributed by atoms with Gasteiger partial charge in [-0.1, -0.05) is 29.8 Å². The van der Waals surface area contributed by atoms with E-state index in [1.165, 1.54) is 18.0 Å². The molecule has 0 saturated carbocycles. The van der Waals surface area contributed by atoms with Crippen molar-refractivity contribution in [2.45, 2.75) is 13.5 Å². The van der Waals surface area contributed by atoms with Gasteiger partial charge in [-0.3, -0.25) is 4.79 Å². The molecule has 0 aliphatic heterocycles. The summed E-state index contributed by atoms with van der Waals surface area (Å²) in [7, 11) is 0. The van der Waals surface area contributed by atoms with E-state index in [1.54, 1.807) is 0 Å². The number of benzene rings is 2. The lowest BCUT2D eigenvalue weighted by Gasteiger charge is -2.08. The van der Waals surface area contributed by atoms with E-state index < -0.39 is 17.5 Å². The van der Waals surface area contributed by atoms with Crippen molar-refractivity contribution >= 4 is 17.5 Å². The van der Waals surface area contributed by atoms with Crippen molar-refractivity contribution in [1.82, 2.24) is 9.97 Å². The molecule has 0 bridgehead atoms. The standard InChI is InChI=1S/C19H16F2N4O/c1-12-2-4-13(5-3-12)9-22-19-23-10-14(11-24-19)18(26)25-17-7-6-15(20)8-16(17)21/h2-8,10-11H,9H2,1H3,(H,25,26)(H,22,23,24). The molecule has 0 aliphatic rings. The lowest BCUT2D eigenvalue weighted by atomic mass is 10.1. The van der Waals surface area contributed by atoms with Crippen molar-refractivity contribution in [2.75, 3.05) is 10.6 Å². The van der Waals surface area contributed by atoms with E-state index in [9.17, 15) is 13.6 Å². The van der Waals surface area contributed by atoms with Crippen molar-refractivity contribution in [1.29, 1.82) is 0 Å². The van der Waals surface area contributed by atoms with Crippen molar-refractivity contribution in [3.63, 3.8) is 0 Å². The number of halogens is 2. The maximum atomic E-state index is 13.6. The molecule has 1 amide bonds. The average Bonchev–Trinajstić information content (AvgIpc) is 2.64. The number of carbonyl (C=O) groups excluding carboxylic acids is 1. The first-order valence-electron chi connectivity index (χ1n) is 7.89. The first-order valence-corrected chi connectivity index (χ1v) is 7.89. The van der Waals surface area contributed by atoms with Gasteiger partial charge < -0.3 is 10.6 Å². The Labute approximate surface area is 149 Å². The second-order valence-corrected chi connectivity index (χ2v) is 5.71. The number of aromatic nitrogens is 2. The fraction of sp³-hybridized carbons (Fsp3) is 0.105. The Hall–Kier alpha value is -3.35. The summed E-state index contributed by atoms with van der Waals surface area (Å²) in [5.41, 5.74) is 2.30. The minimum Gasteiger partial charge on any atom is -0.350 e. The molecule has 7 heteroatoms. The Kier molecular flexibility index (Phi) is 5.17. The second kappa shape index (κ2) is 7.69. The number of hydrogen-bond donors (Lipinski definition) is 2. The molecular formula is C19H16F2N4O. The van der Waals surface area contributed by atoms with Gasteiger partial charge in [0.05, 0.1) is 11.3 Å². The van der Waals surface area contributed by atoms with Gasteiger partial charge in [-0.15, -0.1) is 0 Å². The van der Waals surface area contributed by atoms with Crippen LogP contribution in [0, 0.1) is 18.6 Å². The third kappa shape index (κ3) is 4.38. The largest absolute Gasteiger partial charge is 0.350 e. The number of rotatable bonds is 5. The summed E-state index contributed by atoms with van der Waals surface area (Å²) < 4.78 is 26.5. The molecule has 0 spiro atoms. The fourth-order valence-electron chi connectivity index (χ4n) is 2.21. The Morgan fingerprint density at radius 3 is 2.38 bits per heavy atom. The lowest BCUT2D eigenvalue weighted by molar-refractivity contribution is 0.102. The molecule has 2 aromatic carbocycles. The van der Waals surface area contributed by atoms with Crippen LogP contribution in [0.25, 0.3) is 0 Å². The number of carbonyl (C=O) groups is 1. The van der Waals surface area contributed by atoms with Crippen LogP contribution >= 0.6 is 0 Å². The third-order valence-corrected chi connectivity index (χ3v) is 3.66. The Balaban J connectivity index is 1.61. The molecule has 0 unspecified atom stereocenters. The van der Waals surface area contributed by atoms with E-state index in [0.29, 0.717) is 18.6 Å². The van der Waals surface area contributed by atoms with Crippen molar-refractivity contribution in [3.8, 4) is 0 Å². The zero-order chi connectivity index (χ0) is 18.5. The van der Waals surface area contributed by atoms with Crippen LogP contribution in [0.4, 0.5) is 20.4 Å². The van der Waals surface area contributed by atoms with Crippen LogP contribution in [-0.4, -0.2) is 15.9 Å². The maximum Gasteiger partial charge on any atom is 0.258 e. The van der Waals surface area contributed by atoms with Crippen molar-refractivity contribution in [2.24, 2.45) is 0 Å². The SMILES string of the molecule is Cc1ccc(CNc2ncc(C(=O)Nc3ccc(F)cc3F)cn2)cc1. The highest BCUT2D eigenvalue weighted by Crippen LogP contribution is 2.16. The fourth-order valence-corrected chi connectivity index (χ4v) is 2.21. The van der Waals surface area contributed by atoms with E-state index in [0.717, 1.165) is 17.7 Å². The van der Waals surface area contributed by atoms with Gasteiger partial charge in [0.25, 0.3) is 5.91 Å². The molecule has 3 rings (SSSR count). The van der Waals surface area contributed by atoms with Crippen LogP contribution in [0.2, 0.25) is 0 Å². The van der Waals surface area contributed by atoms with Crippen LogP contribution in [-0.2, 0) is 6.54 Å². The molecule has 3 aromatic rings. The highest BCUT2D eigenvalue weighted by Gasteiger charge is 2.11. The summed E-state index contributed by atoms with van der Waals surface area (Å²) in [5, 5.41) is 5.41. The van der Waals surface area contributed by atoms with Gasteiger partial charge in [-0.2, -0.15) is 0 Å². The molecular weight excluding hydrogens is 338 g/mol. The molecule has 132 valence electrons. The minimum absolute atomic E-state index is 0.113. The number of aryl methyl sites for hydroxylation is 1. The number of anilines is 2. The lowest BCUT2D eigenvalue weighted by Crippen LogP contribution is -2.14. The Morgan fingerprint density at radius 1 is 1.04 bits per heavy atom. The average molecular weight is 354 g/mol. The smallest absolute Gasteiger partial charge is 0.258 e. The van der Waals surface area contributed by atoms with E-state index >= 15 is 0 Å². The van der Waals surface area contributed by atoms with Gasteiger partial charge in [0.2, 0.25) is 5.95 Å². The summed E-state index contributed by atoms with van der Waals surface area (Å²) in [5.74, 6) is -1.78.